The first-order valence-electron chi connectivity index (χ1n) is 7.10. The van der Waals surface area contributed by atoms with Crippen LogP contribution in [0.5, 0.6) is 5.75 Å². The van der Waals surface area contributed by atoms with Crippen molar-refractivity contribution < 1.29 is 9.53 Å². The maximum absolute atomic E-state index is 12.6. The van der Waals surface area contributed by atoms with Crippen molar-refractivity contribution in [2.24, 2.45) is 10.9 Å². The third kappa shape index (κ3) is 1.55. The summed E-state index contributed by atoms with van der Waals surface area (Å²) in [5, 5.41) is 6.24. The standard InChI is InChI=1S/C15H17N3O2/c1-9-8-20-12-5-3-2-4-11(12)15(9)13(19)17-14(18-15)16-10-6-7-10/h2-5,9-10H,6-8H2,1H3,(H2,16,17,18,19). The van der Waals surface area contributed by atoms with Gasteiger partial charge in [-0.2, -0.15) is 0 Å². The minimum Gasteiger partial charge on any atom is -0.493 e. The quantitative estimate of drug-likeness (QED) is 0.805. The summed E-state index contributed by atoms with van der Waals surface area (Å²) >= 11 is 0. The van der Waals surface area contributed by atoms with Crippen LogP contribution in [-0.4, -0.2) is 24.5 Å². The number of carbonyl (C=O) groups is 1. The fourth-order valence-electron chi connectivity index (χ4n) is 2.99. The number of nitrogens with one attached hydrogen (secondary N) is 2. The molecule has 2 fully saturated rings. The maximum atomic E-state index is 12.6. The van der Waals surface area contributed by atoms with Crippen LogP contribution >= 0.6 is 0 Å². The van der Waals surface area contributed by atoms with Crippen molar-refractivity contribution in [3.05, 3.63) is 29.8 Å². The molecule has 5 heteroatoms. The second-order valence-electron chi connectivity index (χ2n) is 5.80. The van der Waals surface area contributed by atoms with Crippen molar-refractivity contribution in [1.82, 2.24) is 10.6 Å². The molecule has 20 heavy (non-hydrogen) atoms. The van der Waals surface area contributed by atoms with Crippen LogP contribution in [0.4, 0.5) is 0 Å². The smallest absolute Gasteiger partial charge is 0.257 e. The summed E-state index contributed by atoms with van der Waals surface area (Å²) in [6, 6.07) is 8.10. The maximum Gasteiger partial charge on any atom is 0.257 e. The van der Waals surface area contributed by atoms with Gasteiger partial charge in [0, 0.05) is 11.5 Å². The predicted octanol–water partition coefficient (Wildman–Crippen LogP) is 1.15. The van der Waals surface area contributed by atoms with Crippen molar-refractivity contribution in [2.45, 2.75) is 31.3 Å². The molecule has 3 aliphatic rings. The van der Waals surface area contributed by atoms with E-state index in [4.69, 9.17) is 4.74 Å². The third-order valence-electron chi connectivity index (χ3n) is 4.30. The zero-order chi connectivity index (χ0) is 13.7. The zero-order valence-corrected chi connectivity index (χ0v) is 11.3. The Labute approximate surface area is 117 Å². The monoisotopic (exact) mass is 271 g/mol. The van der Waals surface area contributed by atoms with Crippen LogP contribution in [0.2, 0.25) is 0 Å². The van der Waals surface area contributed by atoms with Crippen molar-refractivity contribution in [1.29, 1.82) is 0 Å². The van der Waals surface area contributed by atoms with Gasteiger partial charge in [-0.15, -0.1) is 0 Å². The molecule has 1 saturated carbocycles. The van der Waals surface area contributed by atoms with E-state index in [0.717, 1.165) is 24.2 Å². The average Bonchev–Trinajstić information content (AvgIpc) is 3.19. The average molecular weight is 271 g/mol. The van der Waals surface area contributed by atoms with Crippen LogP contribution < -0.4 is 15.4 Å². The number of benzene rings is 1. The van der Waals surface area contributed by atoms with Gasteiger partial charge in [-0.05, 0) is 18.9 Å². The highest BCUT2D eigenvalue weighted by Gasteiger charge is 2.54. The first-order chi connectivity index (χ1) is 9.70. The van der Waals surface area contributed by atoms with Crippen LogP contribution in [0.15, 0.2) is 29.3 Å². The van der Waals surface area contributed by atoms with E-state index in [-0.39, 0.29) is 11.8 Å². The normalized spacial score (nSPS) is 33.5. The van der Waals surface area contributed by atoms with Crippen molar-refractivity contribution in [3.8, 4) is 5.75 Å². The Morgan fingerprint density at radius 2 is 2.15 bits per heavy atom. The number of para-hydroxylation sites is 1. The van der Waals surface area contributed by atoms with Crippen LogP contribution in [0, 0.1) is 5.92 Å². The number of carbonyl (C=O) groups excluding carboxylic acids is 1. The molecule has 2 atom stereocenters. The molecule has 1 amide bonds. The Morgan fingerprint density at radius 3 is 2.95 bits per heavy atom. The van der Waals surface area contributed by atoms with Gasteiger partial charge in [0.05, 0.1) is 12.6 Å². The van der Waals surface area contributed by atoms with E-state index < -0.39 is 5.54 Å². The van der Waals surface area contributed by atoms with Crippen LogP contribution in [-0.2, 0) is 10.3 Å². The molecule has 1 aromatic rings. The lowest BCUT2D eigenvalue weighted by atomic mass is 9.77. The van der Waals surface area contributed by atoms with Crippen LogP contribution in [0.25, 0.3) is 0 Å². The fraction of sp³-hybridized carbons (Fsp3) is 0.467. The van der Waals surface area contributed by atoms with Crippen molar-refractivity contribution in [2.75, 3.05) is 6.61 Å². The minimum absolute atomic E-state index is 0.0276. The molecule has 5 nitrogen and oxygen atoms in total. The van der Waals surface area contributed by atoms with Gasteiger partial charge in [-0.25, -0.2) is 4.99 Å². The van der Waals surface area contributed by atoms with E-state index in [1.165, 1.54) is 0 Å². The number of nitrogens with zero attached hydrogens (tertiary/aromatic N) is 1. The van der Waals surface area contributed by atoms with Gasteiger partial charge in [-0.3, -0.25) is 10.1 Å². The lowest BCUT2D eigenvalue weighted by molar-refractivity contribution is -0.127. The second kappa shape index (κ2) is 3.98. The second-order valence-corrected chi connectivity index (χ2v) is 5.80. The number of rotatable bonds is 1. The summed E-state index contributed by atoms with van der Waals surface area (Å²) in [5.74, 6) is 1.41. The van der Waals surface area contributed by atoms with E-state index >= 15 is 0 Å². The molecule has 2 aliphatic heterocycles. The van der Waals surface area contributed by atoms with Gasteiger partial charge >= 0.3 is 0 Å². The third-order valence-corrected chi connectivity index (χ3v) is 4.30. The number of amides is 1. The van der Waals surface area contributed by atoms with E-state index in [0.29, 0.717) is 18.6 Å². The SMILES string of the molecule is CC1COc2ccccc2C12NC(=NC1CC1)NC2=O. The number of hydrogen-bond donors (Lipinski definition) is 2. The fourth-order valence-corrected chi connectivity index (χ4v) is 2.99. The van der Waals surface area contributed by atoms with E-state index in [9.17, 15) is 4.79 Å². The molecule has 1 aromatic carbocycles. The molecule has 2 unspecified atom stereocenters. The van der Waals surface area contributed by atoms with E-state index in [1.807, 2.05) is 31.2 Å². The van der Waals surface area contributed by atoms with Gasteiger partial charge in [0.1, 0.15) is 5.75 Å². The lowest BCUT2D eigenvalue weighted by Gasteiger charge is -2.38. The molecule has 1 saturated heterocycles. The summed E-state index contributed by atoms with van der Waals surface area (Å²) in [5.41, 5.74) is 0.153. The Bertz CT molecular complexity index is 609. The number of hydrogen-bond acceptors (Lipinski definition) is 3. The summed E-state index contributed by atoms with van der Waals surface area (Å²) < 4.78 is 5.74. The molecule has 1 spiro atoms. The number of aliphatic imine (C=N–C) groups is 1. The van der Waals surface area contributed by atoms with Gasteiger partial charge in [0.2, 0.25) is 0 Å². The first kappa shape index (κ1) is 11.8. The molecule has 0 bridgehead atoms. The highest BCUT2D eigenvalue weighted by Crippen LogP contribution is 2.42. The van der Waals surface area contributed by atoms with Crippen LogP contribution in [0.1, 0.15) is 25.3 Å². The molecule has 2 heterocycles. The predicted molar refractivity (Wildman–Crippen MR) is 74.5 cm³/mol. The summed E-state index contributed by atoms with van der Waals surface area (Å²) in [4.78, 5) is 17.2. The lowest BCUT2D eigenvalue weighted by Crippen LogP contribution is -2.53. The van der Waals surface area contributed by atoms with Gasteiger partial charge in [-0.1, -0.05) is 25.1 Å². The Hall–Kier alpha value is -2.04. The van der Waals surface area contributed by atoms with Gasteiger partial charge in [0.15, 0.2) is 11.5 Å². The molecule has 0 radical (unpaired) electrons. The Morgan fingerprint density at radius 1 is 1.35 bits per heavy atom. The summed E-state index contributed by atoms with van der Waals surface area (Å²) in [6.45, 7) is 2.55. The summed E-state index contributed by atoms with van der Waals surface area (Å²) in [7, 11) is 0. The molecule has 4 rings (SSSR count). The highest BCUT2D eigenvalue weighted by molar-refractivity contribution is 6.10. The van der Waals surface area contributed by atoms with Crippen LogP contribution in [0.3, 0.4) is 0 Å². The number of ether oxygens (including phenoxy) is 1. The zero-order valence-electron chi connectivity index (χ0n) is 11.3. The van der Waals surface area contributed by atoms with Gasteiger partial charge < -0.3 is 10.1 Å². The molecule has 0 aromatic heterocycles. The minimum atomic E-state index is -0.747. The summed E-state index contributed by atoms with van der Waals surface area (Å²) in [6.07, 6.45) is 2.23. The molecule has 1 aliphatic carbocycles. The molecule has 104 valence electrons. The van der Waals surface area contributed by atoms with Crippen molar-refractivity contribution >= 4 is 11.9 Å². The number of guanidine groups is 1. The van der Waals surface area contributed by atoms with Crippen molar-refractivity contribution in [3.63, 3.8) is 0 Å². The molecular formula is C15H17N3O2. The largest absolute Gasteiger partial charge is 0.493 e. The Kier molecular flexibility index (Phi) is 2.34. The van der Waals surface area contributed by atoms with E-state index in [2.05, 4.69) is 15.6 Å². The molecule has 2 N–H and O–H groups in total. The highest BCUT2D eigenvalue weighted by atomic mass is 16.5. The van der Waals surface area contributed by atoms with Gasteiger partial charge in [0.25, 0.3) is 5.91 Å². The number of fused-ring (bicyclic) bond motifs is 2. The topological polar surface area (TPSA) is 62.7 Å². The first-order valence-corrected chi connectivity index (χ1v) is 7.10. The Balaban J connectivity index is 1.80. The van der Waals surface area contributed by atoms with E-state index in [1.54, 1.807) is 0 Å². The molecular weight excluding hydrogens is 254 g/mol.